The van der Waals surface area contributed by atoms with Gasteiger partial charge in [0, 0.05) is 4.47 Å². The minimum absolute atomic E-state index is 0.0275. The second kappa shape index (κ2) is 8.55. The number of aliphatic imine (C=N–C) groups is 2. The molecule has 2 aliphatic heterocycles. The zero-order chi connectivity index (χ0) is 21.2. The van der Waals surface area contributed by atoms with Gasteiger partial charge in [-0.25, -0.2) is 9.98 Å². The third-order valence-corrected chi connectivity index (χ3v) is 6.27. The van der Waals surface area contributed by atoms with Gasteiger partial charge in [0.05, 0.1) is 18.2 Å². The third kappa shape index (κ3) is 3.95. The maximum Gasteiger partial charge on any atom is 0.218 e. The van der Waals surface area contributed by atoms with E-state index in [1.165, 1.54) is 0 Å². The van der Waals surface area contributed by atoms with Crippen LogP contribution in [0.15, 0.2) is 87.3 Å². The average Bonchev–Trinajstić information content (AvgIpc) is 3.51. The first kappa shape index (κ1) is 19.8. The second-order valence-corrected chi connectivity index (χ2v) is 8.17. The summed E-state index contributed by atoms with van der Waals surface area (Å²) in [5.74, 6) is 1.86. The molecule has 0 aliphatic carbocycles. The van der Waals surface area contributed by atoms with Crippen LogP contribution in [-0.4, -0.2) is 32.1 Å². The number of rotatable bonds is 5. The van der Waals surface area contributed by atoms with E-state index in [9.17, 15) is 0 Å². The predicted molar refractivity (Wildman–Crippen MR) is 124 cm³/mol. The molecule has 156 valence electrons. The lowest BCUT2D eigenvalue weighted by atomic mass is 10.1. The summed E-state index contributed by atoms with van der Waals surface area (Å²) in [6.45, 7) is 1.01. The quantitative estimate of drug-likeness (QED) is 0.488. The van der Waals surface area contributed by atoms with Gasteiger partial charge in [0.2, 0.25) is 11.8 Å². The van der Waals surface area contributed by atoms with Crippen molar-refractivity contribution in [2.75, 3.05) is 20.3 Å². The number of methoxy groups -OCH3 is 1. The van der Waals surface area contributed by atoms with Crippen molar-refractivity contribution < 1.29 is 14.2 Å². The van der Waals surface area contributed by atoms with Crippen LogP contribution in [0.25, 0.3) is 0 Å². The number of hydrogen-bond donors (Lipinski definition) is 0. The first-order chi connectivity index (χ1) is 15.2. The lowest BCUT2D eigenvalue weighted by Crippen LogP contribution is -2.09. The lowest BCUT2D eigenvalue weighted by Gasteiger charge is -2.12. The molecular formula is C25H21BrN2O3. The van der Waals surface area contributed by atoms with Gasteiger partial charge in [0.25, 0.3) is 0 Å². The minimum atomic E-state index is -0.0275. The monoisotopic (exact) mass is 476 g/mol. The van der Waals surface area contributed by atoms with Crippen LogP contribution in [-0.2, 0) is 9.47 Å². The van der Waals surface area contributed by atoms with Crippen LogP contribution in [0.3, 0.4) is 0 Å². The van der Waals surface area contributed by atoms with E-state index in [4.69, 9.17) is 24.2 Å². The van der Waals surface area contributed by atoms with Crippen molar-refractivity contribution >= 4 is 27.7 Å². The smallest absolute Gasteiger partial charge is 0.218 e. The van der Waals surface area contributed by atoms with Gasteiger partial charge in [0.15, 0.2) is 0 Å². The van der Waals surface area contributed by atoms with E-state index in [-0.39, 0.29) is 12.1 Å². The first-order valence-electron chi connectivity index (χ1n) is 10.1. The Bertz CT molecular complexity index is 1060. The highest BCUT2D eigenvalue weighted by Crippen LogP contribution is 2.35. The summed E-state index contributed by atoms with van der Waals surface area (Å²) in [5, 5.41) is 0. The van der Waals surface area contributed by atoms with Crippen molar-refractivity contribution in [2.24, 2.45) is 9.98 Å². The van der Waals surface area contributed by atoms with E-state index in [0.717, 1.165) is 26.7 Å². The van der Waals surface area contributed by atoms with Gasteiger partial charge < -0.3 is 14.2 Å². The maximum atomic E-state index is 5.98. The van der Waals surface area contributed by atoms with Gasteiger partial charge in [0.1, 0.15) is 31.0 Å². The molecule has 31 heavy (non-hydrogen) atoms. The molecule has 5 nitrogen and oxygen atoms in total. The molecule has 0 bridgehead atoms. The van der Waals surface area contributed by atoms with Crippen LogP contribution in [0.1, 0.15) is 34.3 Å². The van der Waals surface area contributed by atoms with Gasteiger partial charge >= 0.3 is 0 Å². The van der Waals surface area contributed by atoms with Crippen LogP contribution >= 0.6 is 15.9 Å². The van der Waals surface area contributed by atoms with Crippen LogP contribution < -0.4 is 4.74 Å². The zero-order valence-electron chi connectivity index (χ0n) is 17.0. The molecule has 0 amide bonds. The van der Waals surface area contributed by atoms with Crippen LogP contribution in [0.5, 0.6) is 5.75 Å². The predicted octanol–water partition coefficient (Wildman–Crippen LogP) is 5.49. The molecular weight excluding hydrogens is 456 g/mol. The van der Waals surface area contributed by atoms with Gasteiger partial charge in [-0.3, -0.25) is 0 Å². The van der Waals surface area contributed by atoms with E-state index in [2.05, 4.69) is 40.2 Å². The summed E-state index contributed by atoms with van der Waals surface area (Å²) in [4.78, 5) is 9.65. The highest BCUT2D eigenvalue weighted by Gasteiger charge is 2.28. The molecule has 2 aliphatic rings. The summed E-state index contributed by atoms with van der Waals surface area (Å²) in [6, 6.07) is 24.1. The molecule has 0 saturated heterocycles. The molecule has 0 saturated carbocycles. The van der Waals surface area contributed by atoms with Crippen molar-refractivity contribution in [3.05, 3.63) is 99.5 Å². The third-order valence-electron chi connectivity index (χ3n) is 5.41. The Morgan fingerprint density at radius 3 is 1.65 bits per heavy atom. The van der Waals surface area contributed by atoms with E-state index in [1.807, 2.05) is 48.5 Å². The molecule has 2 heterocycles. The fourth-order valence-electron chi connectivity index (χ4n) is 3.76. The standard InChI is InChI=1S/C25H21BrN2O3/c1-29-18-12-19(24-27-21(14-30-24)16-8-4-2-5-9-16)23(26)20(13-18)25-28-22(15-31-25)17-10-6-3-7-11-17/h2-13,21-22H,14-15H2,1H3/t21-,22-/m1/s1. The number of hydrogen-bond acceptors (Lipinski definition) is 5. The second-order valence-electron chi connectivity index (χ2n) is 7.38. The molecule has 3 aromatic rings. The molecule has 5 rings (SSSR count). The van der Waals surface area contributed by atoms with Crippen molar-refractivity contribution in [1.29, 1.82) is 0 Å². The Morgan fingerprint density at radius 1 is 0.774 bits per heavy atom. The van der Waals surface area contributed by atoms with Gasteiger partial charge in [-0.15, -0.1) is 0 Å². The summed E-state index contributed by atoms with van der Waals surface area (Å²) in [7, 11) is 1.64. The zero-order valence-corrected chi connectivity index (χ0v) is 18.6. The minimum Gasteiger partial charge on any atom is -0.497 e. The molecule has 3 aromatic carbocycles. The number of nitrogens with zero attached hydrogens (tertiary/aromatic N) is 2. The molecule has 0 aromatic heterocycles. The molecule has 0 fully saturated rings. The average molecular weight is 477 g/mol. The normalized spacial score (nSPS) is 19.9. The molecule has 2 atom stereocenters. The Kier molecular flexibility index (Phi) is 5.47. The van der Waals surface area contributed by atoms with Crippen molar-refractivity contribution in [1.82, 2.24) is 0 Å². The van der Waals surface area contributed by atoms with Crippen LogP contribution in [0.4, 0.5) is 0 Å². The summed E-state index contributed by atoms with van der Waals surface area (Å²) >= 11 is 3.74. The fraction of sp³-hybridized carbons (Fsp3) is 0.200. The number of ether oxygens (including phenoxy) is 3. The highest BCUT2D eigenvalue weighted by molar-refractivity contribution is 9.10. The summed E-state index contributed by atoms with van der Waals surface area (Å²) < 4.78 is 18.3. The Hall–Kier alpha value is -3.12. The van der Waals surface area contributed by atoms with Crippen LogP contribution in [0, 0.1) is 0 Å². The largest absolute Gasteiger partial charge is 0.497 e. The van der Waals surface area contributed by atoms with E-state index in [0.29, 0.717) is 30.8 Å². The molecule has 0 unspecified atom stereocenters. The van der Waals surface area contributed by atoms with E-state index >= 15 is 0 Å². The van der Waals surface area contributed by atoms with Crippen LogP contribution in [0.2, 0.25) is 0 Å². The molecule has 0 radical (unpaired) electrons. The van der Waals surface area contributed by atoms with Crippen molar-refractivity contribution in [2.45, 2.75) is 12.1 Å². The molecule has 0 N–H and O–H groups in total. The van der Waals surface area contributed by atoms with Crippen molar-refractivity contribution in [3.63, 3.8) is 0 Å². The SMILES string of the molecule is COc1cc(C2=N[C@@H](c3ccccc3)CO2)c(Br)c(C2=N[C@@H](c3ccccc3)CO2)c1. The highest BCUT2D eigenvalue weighted by atomic mass is 79.9. The summed E-state index contributed by atoms with van der Waals surface area (Å²) in [5.41, 5.74) is 3.90. The van der Waals surface area contributed by atoms with Gasteiger partial charge in [-0.2, -0.15) is 0 Å². The Labute approximate surface area is 189 Å². The first-order valence-corrected chi connectivity index (χ1v) is 10.9. The van der Waals surface area contributed by atoms with Gasteiger partial charge in [-0.05, 0) is 39.2 Å². The Balaban J connectivity index is 1.50. The Morgan fingerprint density at radius 2 is 1.23 bits per heavy atom. The topological polar surface area (TPSA) is 52.4 Å². The van der Waals surface area contributed by atoms with Crippen molar-refractivity contribution in [3.8, 4) is 5.75 Å². The lowest BCUT2D eigenvalue weighted by molar-refractivity contribution is 0.318. The number of benzene rings is 3. The number of halogens is 1. The molecule has 6 heteroatoms. The fourth-order valence-corrected chi connectivity index (χ4v) is 4.33. The van der Waals surface area contributed by atoms with E-state index < -0.39 is 0 Å². The van der Waals surface area contributed by atoms with E-state index in [1.54, 1.807) is 7.11 Å². The summed E-state index contributed by atoms with van der Waals surface area (Å²) in [6.07, 6.45) is 0. The van der Waals surface area contributed by atoms with Gasteiger partial charge in [-0.1, -0.05) is 60.7 Å². The molecule has 0 spiro atoms. The maximum absolute atomic E-state index is 5.98.